The van der Waals surface area contributed by atoms with Gasteiger partial charge in [0, 0.05) is 7.05 Å². The summed E-state index contributed by atoms with van der Waals surface area (Å²) < 4.78 is 8.32. The van der Waals surface area contributed by atoms with Crippen LogP contribution < -0.4 is 5.32 Å². The summed E-state index contributed by atoms with van der Waals surface area (Å²) in [4.78, 5) is 0. The van der Waals surface area contributed by atoms with E-state index in [-0.39, 0.29) is 6.04 Å². The van der Waals surface area contributed by atoms with Crippen LogP contribution in [0.2, 0.25) is 0 Å². The molecular formula is C11H14BrN3O. The third-order valence-electron chi connectivity index (χ3n) is 2.53. The van der Waals surface area contributed by atoms with E-state index in [4.69, 9.17) is 4.42 Å². The number of hydrogen-bond acceptors (Lipinski definition) is 3. The van der Waals surface area contributed by atoms with Gasteiger partial charge in [-0.05, 0) is 42.0 Å². The average Bonchev–Trinajstić information content (AvgIpc) is 2.77. The van der Waals surface area contributed by atoms with Crippen molar-refractivity contribution in [2.24, 2.45) is 7.05 Å². The first kappa shape index (κ1) is 11.4. The van der Waals surface area contributed by atoms with Crippen molar-refractivity contribution in [2.45, 2.75) is 13.0 Å². The second-order valence-corrected chi connectivity index (χ2v) is 4.54. The van der Waals surface area contributed by atoms with E-state index in [1.54, 1.807) is 6.26 Å². The van der Waals surface area contributed by atoms with Gasteiger partial charge in [0.15, 0.2) is 0 Å². The summed E-state index contributed by atoms with van der Waals surface area (Å²) in [6.45, 7) is 1.98. The molecule has 1 atom stereocenters. The molecular weight excluding hydrogens is 270 g/mol. The van der Waals surface area contributed by atoms with Gasteiger partial charge in [-0.15, -0.1) is 0 Å². The van der Waals surface area contributed by atoms with E-state index < -0.39 is 0 Å². The summed E-state index contributed by atoms with van der Waals surface area (Å²) >= 11 is 3.47. The Morgan fingerprint density at radius 3 is 2.75 bits per heavy atom. The lowest BCUT2D eigenvalue weighted by Gasteiger charge is -2.14. The van der Waals surface area contributed by atoms with Gasteiger partial charge in [0.2, 0.25) is 0 Å². The van der Waals surface area contributed by atoms with E-state index in [1.165, 1.54) is 0 Å². The van der Waals surface area contributed by atoms with E-state index >= 15 is 0 Å². The summed E-state index contributed by atoms with van der Waals surface area (Å²) in [5.41, 5.74) is 2.08. The van der Waals surface area contributed by atoms with Gasteiger partial charge >= 0.3 is 0 Å². The second kappa shape index (κ2) is 4.43. The largest absolute Gasteiger partial charge is 0.466 e. The lowest BCUT2D eigenvalue weighted by atomic mass is 10.1. The Labute approximate surface area is 103 Å². The highest BCUT2D eigenvalue weighted by molar-refractivity contribution is 9.10. The number of aryl methyl sites for hydroxylation is 2. The molecule has 0 aliphatic heterocycles. The molecule has 0 saturated carbocycles. The van der Waals surface area contributed by atoms with Gasteiger partial charge in [-0.1, -0.05) is 0 Å². The molecule has 16 heavy (non-hydrogen) atoms. The molecule has 86 valence electrons. The lowest BCUT2D eigenvalue weighted by Crippen LogP contribution is -2.20. The van der Waals surface area contributed by atoms with Crippen molar-refractivity contribution in [1.29, 1.82) is 0 Å². The molecule has 2 heterocycles. The minimum absolute atomic E-state index is 0.00979. The van der Waals surface area contributed by atoms with Crippen molar-refractivity contribution in [3.8, 4) is 0 Å². The van der Waals surface area contributed by atoms with Crippen LogP contribution in [0, 0.1) is 6.92 Å². The first-order valence-electron chi connectivity index (χ1n) is 5.04. The molecule has 0 amide bonds. The number of nitrogens with one attached hydrogen (secondary N) is 1. The van der Waals surface area contributed by atoms with E-state index in [9.17, 15) is 0 Å². The highest BCUT2D eigenvalue weighted by Crippen LogP contribution is 2.29. The molecule has 1 unspecified atom stereocenters. The van der Waals surface area contributed by atoms with Crippen LogP contribution in [0.15, 0.2) is 27.3 Å². The van der Waals surface area contributed by atoms with Gasteiger partial charge in [-0.25, -0.2) is 0 Å². The van der Waals surface area contributed by atoms with Crippen LogP contribution >= 0.6 is 15.9 Å². The Bertz CT molecular complexity index is 489. The molecule has 0 aliphatic rings. The fraction of sp³-hybridized carbons (Fsp3) is 0.364. The highest BCUT2D eigenvalue weighted by Gasteiger charge is 2.21. The fourth-order valence-corrected chi connectivity index (χ4v) is 2.26. The minimum atomic E-state index is 0.00979. The molecule has 2 aromatic rings. The van der Waals surface area contributed by atoms with Crippen LogP contribution in [-0.4, -0.2) is 16.8 Å². The third-order valence-corrected chi connectivity index (χ3v) is 3.18. The number of halogens is 1. The number of furan rings is 1. The highest BCUT2D eigenvalue weighted by atomic mass is 79.9. The minimum Gasteiger partial charge on any atom is -0.466 e. The summed E-state index contributed by atoms with van der Waals surface area (Å²) in [6.07, 6.45) is 1.67. The molecule has 0 aliphatic carbocycles. The zero-order valence-electron chi connectivity index (χ0n) is 9.49. The maximum atomic E-state index is 5.49. The summed E-state index contributed by atoms with van der Waals surface area (Å²) in [5.74, 6) is 0.866. The Morgan fingerprint density at radius 2 is 2.31 bits per heavy atom. The zero-order valence-corrected chi connectivity index (χ0v) is 11.1. The number of rotatable bonds is 3. The van der Waals surface area contributed by atoms with E-state index in [2.05, 4.69) is 32.4 Å². The van der Waals surface area contributed by atoms with E-state index in [0.717, 1.165) is 21.6 Å². The molecule has 0 aromatic carbocycles. The molecule has 4 nitrogen and oxygen atoms in total. The summed E-state index contributed by atoms with van der Waals surface area (Å²) in [5, 5.41) is 7.57. The first-order valence-corrected chi connectivity index (χ1v) is 5.83. The topological polar surface area (TPSA) is 43.0 Å². The Balaban J connectivity index is 2.44. The first-order chi connectivity index (χ1) is 7.63. The standard InChI is InChI=1S/C11H14BrN3O/c1-7-6-9(15(3)14-7)10(13-2)11-8(12)4-5-16-11/h4-6,10,13H,1-3H3. The summed E-state index contributed by atoms with van der Waals surface area (Å²) in [7, 11) is 3.84. The van der Waals surface area contributed by atoms with Crippen molar-refractivity contribution in [2.75, 3.05) is 7.05 Å². The predicted octanol–water partition coefficient (Wildman–Crippen LogP) is 2.39. The average molecular weight is 284 g/mol. The van der Waals surface area contributed by atoms with Crippen LogP contribution in [0.3, 0.4) is 0 Å². The van der Waals surface area contributed by atoms with Crippen molar-refractivity contribution >= 4 is 15.9 Å². The second-order valence-electron chi connectivity index (χ2n) is 3.69. The molecule has 0 spiro atoms. The maximum Gasteiger partial charge on any atom is 0.140 e. The quantitative estimate of drug-likeness (QED) is 0.941. The van der Waals surface area contributed by atoms with E-state index in [0.29, 0.717) is 0 Å². The monoisotopic (exact) mass is 283 g/mol. The Morgan fingerprint density at radius 1 is 1.56 bits per heavy atom. The van der Waals surface area contributed by atoms with Crippen LogP contribution in [0.5, 0.6) is 0 Å². The van der Waals surface area contributed by atoms with Crippen LogP contribution in [0.1, 0.15) is 23.2 Å². The van der Waals surface area contributed by atoms with Gasteiger partial charge in [0.05, 0.1) is 22.1 Å². The van der Waals surface area contributed by atoms with Gasteiger partial charge < -0.3 is 9.73 Å². The molecule has 0 fully saturated rings. The van der Waals surface area contributed by atoms with Crippen LogP contribution in [0.4, 0.5) is 0 Å². The SMILES string of the molecule is CNC(c1occc1Br)c1cc(C)nn1C. The van der Waals surface area contributed by atoms with Gasteiger partial charge in [0.1, 0.15) is 11.8 Å². The lowest BCUT2D eigenvalue weighted by molar-refractivity contribution is 0.447. The Hall–Kier alpha value is -1.07. The maximum absolute atomic E-state index is 5.49. The third kappa shape index (κ3) is 1.92. The van der Waals surface area contributed by atoms with Crippen LogP contribution in [-0.2, 0) is 7.05 Å². The molecule has 5 heteroatoms. The van der Waals surface area contributed by atoms with Gasteiger partial charge in [-0.2, -0.15) is 5.10 Å². The van der Waals surface area contributed by atoms with Crippen LogP contribution in [0.25, 0.3) is 0 Å². The molecule has 2 rings (SSSR count). The zero-order chi connectivity index (χ0) is 11.7. The molecule has 1 N–H and O–H groups in total. The molecule has 0 radical (unpaired) electrons. The number of nitrogens with zero attached hydrogens (tertiary/aromatic N) is 2. The molecule has 2 aromatic heterocycles. The van der Waals surface area contributed by atoms with Crippen molar-refractivity contribution in [3.63, 3.8) is 0 Å². The molecule has 0 bridgehead atoms. The van der Waals surface area contributed by atoms with E-state index in [1.807, 2.05) is 31.8 Å². The number of aromatic nitrogens is 2. The van der Waals surface area contributed by atoms with Crippen molar-refractivity contribution < 1.29 is 4.42 Å². The Kier molecular flexibility index (Phi) is 3.16. The predicted molar refractivity (Wildman–Crippen MR) is 65.3 cm³/mol. The van der Waals surface area contributed by atoms with Crippen molar-refractivity contribution in [3.05, 3.63) is 40.0 Å². The van der Waals surface area contributed by atoms with Gasteiger partial charge in [0.25, 0.3) is 0 Å². The smallest absolute Gasteiger partial charge is 0.140 e. The fourth-order valence-electron chi connectivity index (χ4n) is 1.83. The van der Waals surface area contributed by atoms with Crippen molar-refractivity contribution in [1.82, 2.24) is 15.1 Å². The van der Waals surface area contributed by atoms with Gasteiger partial charge in [-0.3, -0.25) is 4.68 Å². The number of hydrogen-bond donors (Lipinski definition) is 1. The summed E-state index contributed by atoms with van der Waals surface area (Å²) in [6, 6.07) is 3.95. The normalized spacial score (nSPS) is 13.0. The molecule has 0 saturated heterocycles.